The first kappa shape index (κ1) is 21.9. The Balaban J connectivity index is 1.61. The van der Waals surface area contributed by atoms with E-state index in [1.807, 2.05) is 91.9 Å². The third-order valence-electron chi connectivity index (χ3n) is 5.76. The number of halogens is 1. The van der Waals surface area contributed by atoms with E-state index in [1.54, 1.807) is 4.68 Å². The lowest BCUT2D eigenvalue weighted by Crippen LogP contribution is -2.25. The Bertz CT molecular complexity index is 1350. The minimum absolute atomic E-state index is 0.147. The average Bonchev–Trinajstić information content (AvgIpc) is 3.42. The minimum atomic E-state index is -0.348. The van der Waals surface area contributed by atoms with Crippen LogP contribution in [0.3, 0.4) is 0 Å². The lowest BCUT2D eigenvalue weighted by atomic mass is 9.98. The van der Waals surface area contributed by atoms with E-state index in [0.717, 1.165) is 28.2 Å². The van der Waals surface area contributed by atoms with Gasteiger partial charge in [-0.25, -0.2) is 9.69 Å². The maximum atomic E-state index is 12.6. The molecule has 0 spiro atoms. The molecule has 5 rings (SSSR count). The van der Waals surface area contributed by atoms with Gasteiger partial charge in [-0.05, 0) is 48.9 Å². The van der Waals surface area contributed by atoms with Crippen molar-refractivity contribution in [2.75, 3.05) is 0 Å². The van der Waals surface area contributed by atoms with Gasteiger partial charge in [-0.3, -0.25) is 4.79 Å². The van der Waals surface area contributed by atoms with E-state index >= 15 is 0 Å². The first-order chi connectivity index (χ1) is 16.5. The summed E-state index contributed by atoms with van der Waals surface area (Å²) in [5.41, 5.74) is 4.22. The molecule has 0 N–H and O–H groups in total. The summed E-state index contributed by atoms with van der Waals surface area (Å²) in [6.07, 6.45) is 0.535. The zero-order chi connectivity index (χ0) is 23.7. The van der Waals surface area contributed by atoms with Gasteiger partial charge in [0.25, 0.3) is 0 Å². The molecule has 34 heavy (non-hydrogen) atoms. The van der Waals surface area contributed by atoms with E-state index in [-0.39, 0.29) is 11.9 Å². The third kappa shape index (κ3) is 4.20. The van der Waals surface area contributed by atoms with Gasteiger partial charge in [-0.1, -0.05) is 60.1 Å². The molecule has 0 saturated carbocycles. The van der Waals surface area contributed by atoms with Crippen LogP contribution in [0.4, 0.5) is 0 Å². The van der Waals surface area contributed by atoms with Crippen molar-refractivity contribution in [3.05, 3.63) is 107 Å². The minimum Gasteiger partial charge on any atom is -0.439 e. The molecule has 3 aromatic carbocycles. The SMILES string of the molecule is CC(=O)N1N=C(c2ccc(Cl)cc2)CC1c1c(C)nn(-c2ccccc2)c1Oc1ccccc1. The Hall–Kier alpha value is -3.90. The van der Waals surface area contributed by atoms with E-state index in [0.29, 0.717) is 23.1 Å². The fraction of sp³-hybridized carbons (Fsp3) is 0.148. The van der Waals surface area contributed by atoms with Crippen molar-refractivity contribution in [1.29, 1.82) is 0 Å². The van der Waals surface area contributed by atoms with Crippen LogP contribution in [0.1, 0.15) is 36.2 Å². The predicted molar refractivity (Wildman–Crippen MR) is 133 cm³/mol. The highest BCUT2D eigenvalue weighted by molar-refractivity contribution is 6.30. The molecule has 170 valence electrons. The fourth-order valence-corrected chi connectivity index (χ4v) is 4.31. The van der Waals surface area contributed by atoms with E-state index in [9.17, 15) is 4.79 Å². The normalized spacial score (nSPS) is 15.3. The molecule has 7 heteroatoms. The summed E-state index contributed by atoms with van der Waals surface area (Å²) in [6, 6.07) is 26.5. The van der Waals surface area contributed by atoms with E-state index < -0.39 is 0 Å². The van der Waals surface area contributed by atoms with Gasteiger partial charge in [-0.2, -0.15) is 10.2 Å². The van der Waals surface area contributed by atoms with Crippen LogP contribution in [-0.2, 0) is 4.79 Å². The molecule has 0 radical (unpaired) electrons. The van der Waals surface area contributed by atoms with Crippen LogP contribution in [-0.4, -0.2) is 26.4 Å². The number of para-hydroxylation sites is 2. The van der Waals surface area contributed by atoms with Crippen LogP contribution in [0.2, 0.25) is 5.02 Å². The van der Waals surface area contributed by atoms with E-state index in [4.69, 9.17) is 21.4 Å². The molecule has 2 heterocycles. The molecule has 1 atom stereocenters. The molecule has 1 aliphatic rings. The highest BCUT2D eigenvalue weighted by Gasteiger charge is 2.37. The zero-order valence-electron chi connectivity index (χ0n) is 18.9. The molecular formula is C27H23ClN4O2. The first-order valence-electron chi connectivity index (χ1n) is 11.0. The molecule has 1 aliphatic heterocycles. The largest absolute Gasteiger partial charge is 0.439 e. The number of amides is 1. The molecule has 0 aliphatic carbocycles. The summed E-state index contributed by atoms with van der Waals surface area (Å²) >= 11 is 6.07. The summed E-state index contributed by atoms with van der Waals surface area (Å²) in [7, 11) is 0. The third-order valence-corrected chi connectivity index (χ3v) is 6.02. The maximum Gasteiger partial charge on any atom is 0.240 e. The fourth-order valence-electron chi connectivity index (χ4n) is 4.19. The number of ether oxygens (including phenoxy) is 1. The van der Waals surface area contributed by atoms with Gasteiger partial charge >= 0.3 is 0 Å². The number of hydrogen-bond acceptors (Lipinski definition) is 4. The number of benzene rings is 3. The standard InChI is InChI=1S/C27H23ClN4O2/c1-18-26(25-17-24(30-31(25)19(2)33)20-13-15-21(28)16-14-20)27(34-23-11-7-4-8-12-23)32(29-18)22-9-5-3-6-10-22/h3-16,25H,17H2,1-2H3. The number of carbonyl (C=O) groups is 1. The summed E-state index contributed by atoms with van der Waals surface area (Å²) in [5.74, 6) is 1.11. The second-order valence-corrected chi connectivity index (χ2v) is 8.54. The van der Waals surface area contributed by atoms with E-state index in [2.05, 4.69) is 5.10 Å². The average molecular weight is 471 g/mol. The van der Waals surface area contributed by atoms with Crippen LogP contribution in [0.25, 0.3) is 5.69 Å². The highest BCUT2D eigenvalue weighted by atomic mass is 35.5. The van der Waals surface area contributed by atoms with Gasteiger partial charge in [0.15, 0.2) is 0 Å². The second-order valence-electron chi connectivity index (χ2n) is 8.10. The molecule has 4 aromatic rings. The van der Waals surface area contributed by atoms with Gasteiger partial charge in [-0.15, -0.1) is 0 Å². The monoisotopic (exact) mass is 470 g/mol. The van der Waals surface area contributed by atoms with Crippen molar-refractivity contribution in [3.8, 4) is 17.3 Å². The van der Waals surface area contributed by atoms with Crippen molar-refractivity contribution >= 4 is 23.2 Å². The summed E-state index contributed by atoms with van der Waals surface area (Å²) in [5, 5.41) is 11.7. The highest BCUT2D eigenvalue weighted by Crippen LogP contribution is 2.42. The van der Waals surface area contributed by atoms with Gasteiger partial charge < -0.3 is 4.74 Å². The Morgan fingerprint density at radius 1 is 0.971 bits per heavy atom. The Labute approximate surface area is 203 Å². The predicted octanol–water partition coefficient (Wildman–Crippen LogP) is 6.32. The van der Waals surface area contributed by atoms with Crippen LogP contribution >= 0.6 is 11.6 Å². The molecule has 0 saturated heterocycles. The Kier molecular flexibility index (Phi) is 5.90. The molecule has 1 amide bonds. The molecule has 0 fully saturated rings. The Morgan fingerprint density at radius 2 is 1.62 bits per heavy atom. The number of hydrazone groups is 1. The van der Waals surface area contributed by atoms with Crippen molar-refractivity contribution in [2.24, 2.45) is 5.10 Å². The number of aromatic nitrogens is 2. The summed E-state index contributed by atoms with van der Waals surface area (Å²) in [6.45, 7) is 3.46. The number of aryl methyl sites for hydroxylation is 1. The number of hydrogen-bond donors (Lipinski definition) is 0. The quantitative estimate of drug-likeness (QED) is 0.342. The van der Waals surface area contributed by atoms with Crippen LogP contribution < -0.4 is 4.74 Å². The van der Waals surface area contributed by atoms with Crippen LogP contribution in [0.15, 0.2) is 90.0 Å². The topological polar surface area (TPSA) is 59.7 Å². The lowest BCUT2D eigenvalue weighted by molar-refractivity contribution is -0.130. The summed E-state index contributed by atoms with van der Waals surface area (Å²) in [4.78, 5) is 12.6. The Morgan fingerprint density at radius 3 is 2.26 bits per heavy atom. The number of nitrogens with zero attached hydrogens (tertiary/aromatic N) is 4. The second kappa shape index (κ2) is 9.15. The molecule has 6 nitrogen and oxygen atoms in total. The van der Waals surface area contributed by atoms with Crippen molar-refractivity contribution < 1.29 is 9.53 Å². The smallest absolute Gasteiger partial charge is 0.240 e. The van der Waals surface area contributed by atoms with Crippen molar-refractivity contribution in [3.63, 3.8) is 0 Å². The lowest BCUT2D eigenvalue weighted by Gasteiger charge is -2.21. The van der Waals surface area contributed by atoms with Gasteiger partial charge in [0.1, 0.15) is 5.75 Å². The molecule has 1 aromatic heterocycles. The zero-order valence-corrected chi connectivity index (χ0v) is 19.6. The summed E-state index contributed by atoms with van der Waals surface area (Å²) < 4.78 is 8.20. The van der Waals surface area contributed by atoms with Gasteiger partial charge in [0.05, 0.1) is 28.7 Å². The number of carbonyl (C=O) groups excluding carboxylic acids is 1. The number of rotatable bonds is 5. The van der Waals surface area contributed by atoms with Crippen molar-refractivity contribution in [1.82, 2.24) is 14.8 Å². The van der Waals surface area contributed by atoms with Gasteiger partial charge in [0.2, 0.25) is 11.8 Å². The molecule has 1 unspecified atom stereocenters. The van der Waals surface area contributed by atoms with Crippen molar-refractivity contribution in [2.45, 2.75) is 26.3 Å². The maximum absolute atomic E-state index is 12.6. The van der Waals surface area contributed by atoms with Crippen LogP contribution in [0, 0.1) is 6.92 Å². The van der Waals surface area contributed by atoms with Gasteiger partial charge in [0, 0.05) is 18.4 Å². The molecule has 0 bridgehead atoms. The first-order valence-corrected chi connectivity index (χ1v) is 11.4. The van der Waals surface area contributed by atoms with Crippen LogP contribution in [0.5, 0.6) is 11.6 Å². The van der Waals surface area contributed by atoms with E-state index in [1.165, 1.54) is 11.9 Å². The molecular weight excluding hydrogens is 448 g/mol.